The average Bonchev–Trinajstić information content (AvgIpc) is 3.08. The van der Waals surface area contributed by atoms with Crippen molar-refractivity contribution >= 4 is 0 Å². The third-order valence-corrected chi connectivity index (χ3v) is 4.18. The van der Waals surface area contributed by atoms with Crippen molar-refractivity contribution in [2.24, 2.45) is 0 Å². The molecule has 0 fully saturated rings. The van der Waals surface area contributed by atoms with Crippen LogP contribution in [0, 0.1) is 0 Å². The number of likely N-dealkylation sites (N-methyl/N-ethyl adjacent to an activating group) is 2. The topological polar surface area (TPSA) is 44.0 Å². The van der Waals surface area contributed by atoms with Gasteiger partial charge in [0.1, 0.15) is 0 Å². The predicted octanol–water partition coefficient (Wildman–Crippen LogP) is 3.39. The lowest BCUT2D eigenvalue weighted by atomic mass is 9.96. The molecule has 24 heavy (non-hydrogen) atoms. The van der Waals surface area contributed by atoms with Crippen LogP contribution < -0.4 is 5.32 Å². The van der Waals surface area contributed by atoms with Gasteiger partial charge in [-0.2, -0.15) is 5.10 Å². The average molecular weight is 320 g/mol. The summed E-state index contributed by atoms with van der Waals surface area (Å²) in [4.78, 5) is 2.30. The van der Waals surface area contributed by atoms with Crippen molar-refractivity contribution in [3.63, 3.8) is 0 Å². The van der Waals surface area contributed by atoms with Gasteiger partial charge in [-0.05, 0) is 25.2 Å². The zero-order chi connectivity index (χ0) is 16.8. The number of nitrogens with one attached hydrogen (secondary N) is 2. The second kappa shape index (κ2) is 7.90. The van der Waals surface area contributed by atoms with Gasteiger partial charge in [-0.25, -0.2) is 0 Å². The maximum absolute atomic E-state index is 4.30. The van der Waals surface area contributed by atoms with Crippen molar-refractivity contribution in [3.8, 4) is 22.4 Å². The molecule has 0 unspecified atom stereocenters. The minimum Gasteiger partial charge on any atom is -0.318 e. The Labute approximate surface area is 143 Å². The van der Waals surface area contributed by atoms with Crippen LogP contribution in [0.3, 0.4) is 0 Å². The van der Waals surface area contributed by atoms with Crippen molar-refractivity contribution < 1.29 is 0 Å². The Hall–Kier alpha value is -2.43. The molecule has 0 atom stereocenters. The molecule has 1 heterocycles. The van der Waals surface area contributed by atoms with Gasteiger partial charge in [0.15, 0.2) is 0 Å². The second-order valence-electron chi connectivity index (χ2n) is 6.02. The Kier molecular flexibility index (Phi) is 5.41. The Balaban J connectivity index is 1.93. The fourth-order valence-electron chi connectivity index (χ4n) is 2.91. The van der Waals surface area contributed by atoms with E-state index in [1.54, 1.807) is 0 Å². The molecule has 0 amide bonds. The normalized spacial score (nSPS) is 11.1. The van der Waals surface area contributed by atoms with Crippen molar-refractivity contribution in [3.05, 3.63) is 66.4 Å². The molecule has 0 aliphatic rings. The fraction of sp³-hybridized carbons (Fsp3) is 0.250. The lowest BCUT2D eigenvalue weighted by molar-refractivity contribution is 0.328. The van der Waals surface area contributed by atoms with Crippen LogP contribution >= 0.6 is 0 Å². The maximum atomic E-state index is 4.30. The lowest BCUT2D eigenvalue weighted by Gasteiger charge is -2.17. The summed E-state index contributed by atoms with van der Waals surface area (Å²) >= 11 is 0. The molecule has 2 N–H and O–H groups in total. The third kappa shape index (κ3) is 3.72. The molecule has 0 aliphatic heterocycles. The summed E-state index contributed by atoms with van der Waals surface area (Å²) in [5, 5.41) is 10.7. The first-order valence-electron chi connectivity index (χ1n) is 8.30. The van der Waals surface area contributed by atoms with Gasteiger partial charge in [-0.15, -0.1) is 0 Å². The largest absolute Gasteiger partial charge is 0.318 e. The monoisotopic (exact) mass is 320 g/mol. The lowest BCUT2D eigenvalue weighted by Crippen LogP contribution is -2.27. The molecule has 0 aliphatic carbocycles. The summed E-state index contributed by atoms with van der Waals surface area (Å²) in [6, 6.07) is 19.0. The molecule has 0 saturated carbocycles. The second-order valence-corrected chi connectivity index (χ2v) is 6.02. The molecule has 4 heteroatoms. The highest BCUT2D eigenvalue weighted by Crippen LogP contribution is 2.32. The Morgan fingerprint density at radius 2 is 1.71 bits per heavy atom. The molecule has 1 aromatic heterocycles. The van der Waals surface area contributed by atoms with Gasteiger partial charge in [0, 0.05) is 30.8 Å². The third-order valence-electron chi connectivity index (χ3n) is 4.18. The van der Waals surface area contributed by atoms with Crippen molar-refractivity contribution in [2.45, 2.75) is 6.54 Å². The Morgan fingerprint density at radius 1 is 1.00 bits per heavy atom. The molecule has 0 saturated heterocycles. The number of hydrogen-bond donors (Lipinski definition) is 2. The highest BCUT2D eigenvalue weighted by molar-refractivity contribution is 5.82. The van der Waals surface area contributed by atoms with Gasteiger partial charge in [0.2, 0.25) is 0 Å². The van der Waals surface area contributed by atoms with Gasteiger partial charge >= 0.3 is 0 Å². The zero-order valence-electron chi connectivity index (χ0n) is 14.3. The van der Waals surface area contributed by atoms with E-state index in [9.17, 15) is 0 Å². The first-order valence-corrected chi connectivity index (χ1v) is 8.30. The summed E-state index contributed by atoms with van der Waals surface area (Å²) in [6.45, 7) is 2.85. The molecule has 3 aromatic rings. The van der Waals surface area contributed by atoms with Crippen LogP contribution in [-0.2, 0) is 6.54 Å². The van der Waals surface area contributed by atoms with E-state index in [0.717, 1.165) is 25.3 Å². The van der Waals surface area contributed by atoms with Gasteiger partial charge in [0.25, 0.3) is 0 Å². The highest BCUT2D eigenvalue weighted by atomic mass is 15.1. The molecular weight excluding hydrogens is 296 g/mol. The van der Waals surface area contributed by atoms with Gasteiger partial charge in [0.05, 0.1) is 11.9 Å². The summed E-state index contributed by atoms with van der Waals surface area (Å²) in [7, 11) is 4.12. The van der Waals surface area contributed by atoms with Crippen LogP contribution in [-0.4, -0.2) is 42.3 Å². The molecule has 2 aromatic carbocycles. The summed E-state index contributed by atoms with van der Waals surface area (Å²) in [6.07, 6.45) is 1.94. The zero-order valence-corrected chi connectivity index (χ0v) is 14.3. The van der Waals surface area contributed by atoms with E-state index in [0.29, 0.717) is 0 Å². The highest BCUT2D eigenvalue weighted by Gasteiger charge is 2.13. The predicted molar refractivity (Wildman–Crippen MR) is 99.7 cm³/mol. The van der Waals surface area contributed by atoms with Crippen molar-refractivity contribution in [1.29, 1.82) is 0 Å². The van der Waals surface area contributed by atoms with E-state index in [4.69, 9.17) is 0 Å². The van der Waals surface area contributed by atoms with Crippen LogP contribution in [0.25, 0.3) is 22.4 Å². The number of H-pyrrole nitrogens is 1. The number of aromatic amines is 1. The first-order chi connectivity index (χ1) is 11.8. The summed E-state index contributed by atoms with van der Waals surface area (Å²) in [5.74, 6) is 0. The molecule has 124 valence electrons. The fourth-order valence-corrected chi connectivity index (χ4v) is 2.91. The van der Waals surface area contributed by atoms with Crippen LogP contribution in [0.5, 0.6) is 0 Å². The SMILES string of the molecule is CNCCN(C)Cc1cn[nH]c1-c1ccccc1-c1ccccc1. The van der Waals surface area contributed by atoms with Crippen LogP contribution in [0.4, 0.5) is 0 Å². The van der Waals surface area contributed by atoms with Crippen molar-refractivity contribution in [1.82, 2.24) is 20.4 Å². The molecular formula is C20H24N4. The van der Waals surface area contributed by atoms with Gasteiger partial charge in [-0.3, -0.25) is 5.10 Å². The molecule has 0 radical (unpaired) electrons. The number of rotatable bonds is 7. The van der Waals surface area contributed by atoms with E-state index in [-0.39, 0.29) is 0 Å². The standard InChI is InChI=1S/C20H24N4/c1-21-12-13-24(2)15-17-14-22-23-20(17)19-11-7-6-10-18(19)16-8-4-3-5-9-16/h3-11,14,21H,12-13,15H2,1-2H3,(H,22,23). The van der Waals surface area contributed by atoms with Gasteiger partial charge < -0.3 is 10.2 Å². The van der Waals surface area contributed by atoms with Crippen LogP contribution in [0.1, 0.15) is 5.56 Å². The summed E-state index contributed by atoms with van der Waals surface area (Å²) < 4.78 is 0. The van der Waals surface area contributed by atoms with Crippen molar-refractivity contribution in [2.75, 3.05) is 27.2 Å². The number of nitrogens with zero attached hydrogens (tertiary/aromatic N) is 2. The smallest absolute Gasteiger partial charge is 0.0701 e. The van der Waals surface area contributed by atoms with E-state index in [1.807, 2.05) is 19.3 Å². The number of hydrogen-bond acceptors (Lipinski definition) is 3. The number of benzene rings is 2. The number of aromatic nitrogens is 2. The molecule has 0 bridgehead atoms. The Morgan fingerprint density at radius 3 is 2.46 bits per heavy atom. The summed E-state index contributed by atoms with van der Waals surface area (Å²) in [5.41, 5.74) is 5.96. The van der Waals surface area contributed by atoms with E-state index in [2.05, 4.69) is 76.0 Å². The van der Waals surface area contributed by atoms with Gasteiger partial charge in [-0.1, -0.05) is 54.6 Å². The first kappa shape index (κ1) is 16.4. The minimum absolute atomic E-state index is 0.872. The maximum Gasteiger partial charge on any atom is 0.0701 e. The van der Waals surface area contributed by atoms with E-state index in [1.165, 1.54) is 22.3 Å². The quantitative estimate of drug-likeness (QED) is 0.701. The minimum atomic E-state index is 0.872. The molecule has 0 spiro atoms. The molecule has 4 nitrogen and oxygen atoms in total. The molecule has 3 rings (SSSR count). The van der Waals surface area contributed by atoms with E-state index >= 15 is 0 Å². The van der Waals surface area contributed by atoms with Crippen LogP contribution in [0.15, 0.2) is 60.8 Å². The van der Waals surface area contributed by atoms with E-state index < -0.39 is 0 Å². The Bertz CT molecular complexity index is 764. The van der Waals surface area contributed by atoms with Crippen LogP contribution in [0.2, 0.25) is 0 Å².